The lowest BCUT2D eigenvalue weighted by Crippen LogP contribution is -2.78. The lowest BCUT2D eigenvalue weighted by Gasteiger charge is -2.62. The van der Waals surface area contributed by atoms with E-state index in [1.54, 1.807) is 6.92 Å². The Morgan fingerprint density at radius 2 is 2.05 bits per heavy atom. The van der Waals surface area contributed by atoms with Crippen LogP contribution >= 0.6 is 0 Å². The number of esters is 1. The summed E-state index contributed by atoms with van der Waals surface area (Å²) in [6.45, 7) is 7.99. The molecule has 6 heteroatoms. The Morgan fingerprint density at radius 3 is 2.62 bits per heavy atom. The third-order valence-electron chi connectivity index (χ3n) is 6.70. The second kappa shape index (κ2) is 3.06. The normalized spacial score (nSPS) is 65.8. The smallest absolute Gasteiger partial charge is 0.313 e. The fourth-order valence-electron chi connectivity index (χ4n) is 5.53. The number of aliphatic hydroxyl groups excluding tert-OH is 1. The van der Waals surface area contributed by atoms with Crippen LogP contribution < -0.4 is 0 Å². The molecule has 6 fully saturated rings. The highest BCUT2D eigenvalue weighted by molar-refractivity contribution is 5.79. The van der Waals surface area contributed by atoms with Gasteiger partial charge in [0.15, 0.2) is 0 Å². The van der Waals surface area contributed by atoms with Crippen molar-refractivity contribution in [3.63, 3.8) is 0 Å². The predicted octanol–water partition coefficient (Wildman–Crippen LogP) is -0.618. The summed E-state index contributed by atoms with van der Waals surface area (Å²) in [6.07, 6.45) is -2.28. The van der Waals surface area contributed by atoms with E-state index in [2.05, 4.69) is 6.58 Å². The summed E-state index contributed by atoms with van der Waals surface area (Å²) >= 11 is 0. The van der Waals surface area contributed by atoms with E-state index in [0.29, 0.717) is 12.2 Å². The molecule has 2 aliphatic carbocycles. The molecule has 4 aliphatic heterocycles. The number of fused-ring (bicyclic) bond motifs is 4. The van der Waals surface area contributed by atoms with Gasteiger partial charge in [-0.15, -0.1) is 0 Å². The molecule has 6 nitrogen and oxygen atoms in total. The molecule has 6 rings (SSSR count). The van der Waals surface area contributed by atoms with Crippen molar-refractivity contribution < 1.29 is 29.2 Å². The summed E-state index contributed by atoms with van der Waals surface area (Å²) < 4.78 is 16.8. The van der Waals surface area contributed by atoms with Crippen molar-refractivity contribution >= 4 is 5.97 Å². The average Bonchev–Trinajstić information content (AvgIpc) is 3.25. The number of carbonyl (C=O) groups is 1. The second-order valence-electron chi connectivity index (χ2n) is 7.38. The van der Waals surface area contributed by atoms with Crippen LogP contribution in [0, 0.1) is 17.3 Å². The summed E-state index contributed by atoms with van der Waals surface area (Å²) in [6, 6.07) is 0. The van der Waals surface area contributed by atoms with Crippen LogP contribution in [-0.4, -0.2) is 58.4 Å². The zero-order valence-corrected chi connectivity index (χ0v) is 11.9. The van der Waals surface area contributed by atoms with Crippen molar-refractivity contribution in [3.05, 3.63) is 12.2 Å². The molecule has 114 valence electrons. The molecule has 2 bridgehead atoms. The van der Waals surface area contributed by atoms with Gasteiger partial charge in [-0.25, -0.2) is 0 Å². The topological polar surface area (TPSA) is 91.8 Å². The summed E-state index contributed by atoms with van der Waals surface area (Å²) in [5, 5.41) is 22.2. The van der Waals surface area contributed by atoms with Crippen molar-refractivity contribution in [2.45, 2.75) is 49.5 Å². The summed E-state index contributed by atoms with van der Waals surface area (Å²) in [7, 11) is 0. The molecule has 2 N–H and O–H groups in total. The number of epoxide rings is 2. The van der Waals surface area contributed by atoms with Crippen molar-refractivity contribution in [3.8, 4) is 0 Å². The van der Waals surface area contributed by atoms with Crippen LogP contribution in [-0.2, 0) is 19.0 Å². The first kappa shape index (κ1) is 12.6. The highest BCUT2D eigenvalue weighted by Gasteiger charge is 2.95. The standard InChI is InChI=1S/C15H18O6/c1-5(2)6-7-12(17)21-9(8(6)16)13(3)14(4-19-14)10-11(20-10)15(7,13)18/h6-11,16,18H,1,4H2,2-3H3. The highest BCUT2D eigenvalue weighted by Crippen LogP contribution is 2.76. The van der Waals surface area contributed by atoms with Gasteiger partial charge in [0.05, 0.1) is 24.0 Å². The number of hydrogen-bond acceptors (Lipinski definition) is 6. The van der Waals surface area contributed by atoms with Crippen molar-refractivity contribution in [1.82, 2.24) is 0 Å². The van der Waals surface area contributed by atoms with Crippen LogP contribution in [0.1, 0.15) is 13.8 Å². The zero-order chi connectivity index (χ0) is 14.9. The molecule has 6 aliphatic rings. The maximum atomic E-state index is 12.4. The molecule has 0 radical (unpaired) electrons. The molecule has 4 heterocycles. The van der Waals surface area contributed by atoms with Gasteiger partial charge in [-0.3, -0.25) is 4.79 Å². The third kappa shape index (κ3) is 0.958. The van der Waals surface area contributed by atoms with E-state index >= 15 is 0 Å². The average molecular weight is 294 g/mol. The Kier molecular flexibility index (Phi) is 1.83. The van der Waals surface area contributed by atoms with Crippen LogP contribution in [0.2, 0.25) is 0 Å². The number of hydrogen-bond donors (Lipinski definition) is 2. The molecule has 4 saturated heterocycles. The monoisotopic (exact) mass is 294 g/mol. The Labute approximate surface area is 121 Å². The van der Waals surface area contributed by atoms with Crippen molar-refractivity contribution in [1.29, 1.82) is 0 Å². The molecule has 1 spiro atoms. The lowest BCUT2D eigenvalue weighted by atomic mass is 9.49. The first-order chi connectivity index (χ1) is 9.80. The van der Waals surface area contributed by atoms with Crippen LogP contribution in [0.15, 0.2) is 12.2 Å². The van der Waals surface area contributed by atoms with Gasteiger partial charge in [-0.05, 0) is 6.92 Å². The van der Waals surface area contributed by atoms with Gasteiger partial charge in [-0.2, -0.15) is 0 Å². The van der Waals surface area contributed by atoms with E-state index < -0.39 is 52.7 Å². The maximum absolute atomic E-state index is 12.4. The fourth-order valence-corrected chi connectivity index (χ4v) is 5.53. The van der Waals surface area contributed by atoms with E-state index in [-0.39, 0.29) is 6.10 Å². The van der Waals surface area contributed by atoms with Gasteiger partial charge >= 0.3 is 5.97 Å². The Balaban J connectivity index is 1.75. The minimum Gasteiger partial charge on any atom is -0.458 e. The summed E-state index contributed by atoms with van der Waals surface area (Å²) in [4.78, 5) is 12.4. The minimum atomic E-state index is -1.36. The van der Waals surface area contributed by atoms with Gasteiger partial charge in [0, 0.05) is 5.92 Å². The molecule has 9 unspecified atom stereocenters. The van der Waals surface area contributed by atoms with Crippen LogP contribution in [0.5, 0.6) is 0 Å². The third-order valence-corrected chi connectivity index (χ3v) is 6.70. The Bertz CT molecular complexity index is 597. The number of ether oxygens (including phenoxy) is 3. The molecule has 2 saturated carbocycles. The predicted molar refractivity (Wildman–Crippen MR) is 68.1 cm³/mol. The van der Waals surface area contributed by atoms with Gasteiger partial charge in [0.25, 0.3) is 0 Å². The van der Waals surface area contributed by atoms with Crippen molar-refractivity contribution in [2.75, 3.05) is 6.61 Å². The zero-order valence-electron chi connectivity index (χ0n) is 11.9. The quantitative estimate of drug-likeness (QED) is 0.380. The van der Waals surface area contributed by atoms with E-state index in [1.165, 1.54) is 0 Å². The Morgan fingerprint density at radius 1 is 1.38 bits per heavy atom. The molecule has 0 amide bonds. The van der Waals surface area contributed by atoms with Crippen LogP contribution in [0.3, 0.4) is 0 Å². The van der Waals surface area contributed by atoms with Gasteiger partial charge in [-0.1, -0.05) is 19.1 Å². The lowest BCUT2D eigenvalue weighted by molar-refractivity contribution is -0.304. The molecular formula is C15H18O6. The Hall–Kier alpha value is -0.950. The van der Waals surface area contributed by atoms with Gasteiger partial charge in [0.2, 0.25) is 0 Å². The van der Waals surface area contributed by atoms with E-state index in [9.17, 15) is 15.0 Å². The van der Waals surface area contributed by atoms with Crippen molar-refractivity contribution in [2.24, 2.45) is 17.3 Å². The van der Waals surface area contributed by atoms with E-state index in [0.717, 1.165) is 0 Å². The SMILES string of the molecule is C=C(C)C1C(O)C2OC(=O)C1C1(O)C3OC3C3(CO3)C21C. The summed E-state index contributed by atoms with van der Waals surface area (Å²) in [5.74, 6) is -1.82. The fraction of sp³-hybridized carbons (Fsp3) is 0.800. The highest BCUT2D eigenvalue weighted by atomic mass is 16.7. The molecule has 0 aromatic rings. The molecule has 0 aromatic carbocycles. The maximum Gasteiger partial charge on any atom is 0.313 e. The number of rotatable bonds is 1. The molecule has 9 atom stereocenters. The molecule has 21 heavy (non-hydrogen) atoms. The molecular weight excluding hydrogens is 276 g/mol. The minimum absolute atomic E-state index is 0.205. The van der Waals surface area contributed by atoms with Crippen LogP contribution in [0.4, 0.5) is 0 Å². The molecule has 0 aromatic heterocycles. The van der Waals surface area contributed by atoms with E-state index in [4.69, 9.17) is 14.2 Å². The first-order valence-electron chi connectivity index (χ1n) is 7.36. The second-order valence-corrected chi connectivity index (χ2v) is 7.38. The number of carbonyl (C=O) groups excluding carboxylic acids is 1. The number of aliphatic hydroxyl groups is 2. The summed E-state index contributed by atoms with van der Waals surface area (Å²) in [5.41, 5.74) is -2.15. The largest absolute Gasteiger partial charge is 0.458 e. The van der Waals surface area contributed by atoms with Crippen LogP contribution in [0.25, 0.3) is 0 Å². The van der Waals surface area contributed by atoms with Gasteiger partial charge < -0.3 is 24.4 Å². The van der Waals surface area contributed by atoms with E-state index in [1.807, 2.05) is 6.92 Å². The van der Waals surface area contributed by atoms with Gasteiger partial charge in [0.1, 0.15) is 29.5 Å². The first-order valence-corrected chi connectivity index (χ1v) is 7.36.